The summed E-state index contributed by atoms with van der Waals surface area (Å²) >= 11 is 0. The Balaban J connectivity index is 1.37. The molecule has 4 aromatic rings. The van der Waals surface area contributed by atoms with Crippen LogP contribution in [0.15, 0.2) is 28.9 Å². The monoisotopic (exact) mass is 489 g/mol. The highest BCUT2D eigenvalue weighted by Crippen LogP contribution is 2.37. The molecule has 6 rings (SSSR count). The van der Waals surface area contributed by atoms with Gasteiger partial charge < -0.3 is 29.2 Å². The van der Waals surface area contributed by atoms with Crippen molar-refractivity contribution in [3.05, 3.63) is 30.1 Å². The molecule has 0 amide bonds. The van der Waals surface area contributed by atoms with E-state index in [4.69, 9.17) is 24.1 Å². The summed E-state index contributed by atoms with van der Waals surface area (Å²) in [5, 5.41) is 4.33. The molecule has 0 atom stereocenters. The number of nitrogens with zero attached hydrogens (tertiary/aromatic N) is 8. The van der Waals surface area contributed by atoms with E-state index in [1.165, 1.54) is 0 Å². The Morgan fingerprint density at radius 3 is 2.33 bits per heavy atom. The minimum atomic E-state index is 0.481. The Labute approximate surface area is 209 Å². The molecule has 2 saturated heterocycles. The highest BCUT2D eigenvalue weighted by molar-refractivity contribution is 6.05. The van der Waals surface area contributed by atoms with E-state index in [0.29, 0.717) is 29.7 Å². The SMILES string of the molecule is CCOc1nc(N2CCNCC2)nc2c1oc1nc(N3CCN(c4ncccn4)CC3)cc(CC)c12. The van der Waals surface area contributed by atoms with Gasteiger partial charge in [0.25, 0.3) is 5.88 Å². The molecular formula is C25H31N9O2. The van der Waals surface area contributed by atoms with Crippen LogP contribution < -0.4 is 24.8 Å². The summed E-state index contributed by atoms with van der Waals surface area (Å²) in [6.45, 7) is 11.5. The first-order valence-corrected chi connectivity index (χ1v) is 12.7. The molecule has 11 heteroatoms. The minimum Gasteiger partial charge on any atom is -0.475 e. The van der Waals surface area contributed by atoms with Gasteiger partial charge in [0.1, 0.15) is 11.3 Å². The van der Waals surface area contributed by atoms with Gasteiger partial charge in [0.05, 0.1) is 12.0 Å². The van der Waals surface area contributed by atoms with Crippen LogP contribution in [-0.4, -0.2) is 83.9 Å². The van der Waals surface area contributed by atoms with Crippen LogP contribution in [0.3, 0.4) is 0 Å². The van der Waals surface area contributed by atoms with Crippen LogP contribution in [0.25, 0.3) is 22.2 Å². The Morgan fingerprint density at radius 1 is 0.889 bits per heavy atom. The second-order valence-electron chi connectivity index (χ2n) is 8.97. The molecule has 0 aromatic carbocycles. The predicted octanol–water partition coefficient (Wildman–Crippen LogP) is 2.26. The maximum atomic E-state index is 6.29. The van der Waals surface area contributed by atoms with Crippen molar-refractivity contribution in [1.82, 2.24) is 30.2 Å². The van der Waals surface area contributed by atoms with E-state index in [9.17, 15) is 0 Å². The van der Waals surface area contributed by atoms with Crippen LogP contribution in [0, 0.1) is 0 Å². The number of rotatable bonds is 6. The van der Waals surface area contributed by atoms with Gasteiger partial charge in [-0.05, 0) is 31.0 Å². The van der Waals surface area contributed by atoms with Gasteiger partial charge in [0.2, 0.25) is 23.2 Å². The molecule has 0 bridgehead atoms. The summed E-state index contributed by atoms with van der Waals surface area (Å²) in [6.07, 6.45) is 4.41. The normalized spacial score (nSPS) is 16.8. The lowest BCUT2D eigenvalue weighted by atomic mass is 10.1. The van der Waals surface area contributed by atoms with Crippen molar-refractivity contribution < 1.29 is 9.15 Å². The number of fused-ring (bicyclic) bond motifs is 3. The fraction of sp³-hybridized carbons (Fsp3) is 0.480. The highest BCUT2D eigenvalue weighted by atomic mass is 16.5. The predicted molar refractivity (Wildman–Crippen MR) is 139 cm³/mol. The van der Waals surface area contributed by atoms with E-state index in [1.54, 1.807) is 12.4 Å². The van der Waals surface area contributed by atoms with Gasteiger partial charge in [-0.15, -0.1) is 0 Å². The quantitative estimate of drug-likeness (QED) is 0.431. The zero-order valence-corrected chi connectivity index (χ0v) is 20.8. The topological polar surface area (TPSA) is 109 Å². The van der Waals surface area contributed by atoms with Gasteiger partial charge in [0, 0.05) is 64.8 Å². The smallest absolute Gasteiger partial charge is 0.263 e. The van der Waals surface area contributed by atoms with Crippen molar-refractivity contribution in [2.75, 3.05) is 73.7 Å². The molecule has 1 N–H and O–H groups in total. The van der Waals surface area contributed by atoms with Gasteiger partial charge in [-0.1, -0.05) is 6.92 Å². The maximum absolute atomic E-state index is 6.29. The number of ether oxygens (including phenoxy) is 1. The summed E-state index contributed by atoms with van der Waals surface area (Å²) in [4.78, 5) is 30.1. The number of pyridine rings is 1. The molecule has 0 spiro atoms. The molecule has 0 unspecified atom stereocenters. The number of aryl methyl sites for hydroxylation is 1. The number of piperazine rings is 2. The van der Waals surface area contributed by atoms with E-state index in [-0.39, 0.29) is 0 Å². The molecule has 0 radical (unpaired) electrons. The first-order valence-electron chi connectivity index (χ1n) is 12.7. The van der Waals surface area contributed by atoms with Crippen LogP contribution in [0.1, 0.15) is 19.4 Å². The molecule has 36 heavy (non-hydrogen) atoms. The third-order valence-electron chi connectivity index (χ3n) is 6.81. The van der Waals surface area contributed by atoms with Crippen molar-refractivity contribution >= 4 is 39.9 Å². The lowest BCUT2D eigenvalue weighted by Crippen LogP contribution is -2.47. The summed E-state index contributed by atoms with van der Waals surface area (Å²) in [6, 6.07) is 4.02. The van der Waals surface area contributed by atoms with Crippen molar-refractivity contribution in [2.24, 2.45) is 0 Å². The number of furan rings is 1. The maximum Gasteiger partial charge on any atom is 0.263 e. The van der Waals surface area contributed by atoms with Gasteiger partial charge >= 0.3 is 0 Å². The average molecular weight is 490 g/mol. The van der Waals surface area contributed by atoms with E-state index in [1.807, 2.05) is 13.0 Å². The number of aromatic nitrogens is 5. The van der Waals surface area contributed by atoms with E-state index >= 15 is 0 Å². The van der Waals surface area contributed by atoms with Gasteiger partial charge in [-0.3, -0.25) is 0 Å². The zero-order chi connectivity index (χ0) is 24.5. The minimum absolute atomic E-state index is 0.481. The highest BCUT2D eigenvalue weighted by Gasteiger charge is 2.25. The van der Waals surface area contributed by atoms with E-state index < -0.39 is 0 Å². The number of anilines is 3. The molecule has 0 aliphatic carbocycles. The summed E-state index contributed by atoms with van der Waals surface area (Å²) in [5.74, 6) is 2.85. The fourth-order valence-corrected chi connectivity index (χ4v) is 4.93. The molecule has 0 saturated carbocycles. The standard InChI is InChI=1S/C25H31N9O2/c1-3-17-16-18(32-12-14-34(15-13-32)24-27-6-5-7-28-24)29-22-19(17)20-21(36-22)23(35-4-2)31-25(30-20)33-10-8-26-9-11-33/h5-7,16,26H,3-4,8-15H2,1-2H3. The van der Waals surface area contributed by atoms with E-state index in [0.717, 1.165) is 87.0 Å². The van der Waals surface area contributed by atoms with E-state index in [2.05, 4.69) is 43.0 Å². The van der Waals surface area contributed by atoms with Gasteiger partial charge in [-0.25, -0.2) is 15.0 Å². The zero-order valence-electron chi connectivity index (χ0n) is 20.8. The largest absolute Gasteiger partial charge is 0.475 e. The third-order valence-corrected chi connectivity index (χ3v) is 6.81. The van der Waals surface area contributed by atoms with Crippen molar-refractivity contribution in [3.63, 3.8) is 0 Å². The summed E-state index contributed by atoms with van der Waals surface area (Å²) in [7, 11) is 0. The number of hydrogen-bond acceptors (Lipinski definition) is 11. The van der Waals surface area contributed by atoms with Crippen molar-refractivity contribution in [3.8, 4) is 5.88 Å². The van der Waals surface area contributed by atoms with Gasteiger partial charge in [0.15, 0.2) is 0 Å². The Hall–Kier alpha value is -3.73. The molecule has 11 nitrogen and oxygen atoms in total. The lowest BCUT2D eigenvalue weighted by Gasteiger charge is -2.35. The number of nitrogens with one attached hydrogen (secondary N) is 1. The van der Waals surface area contributed by atoms with Crippen LogP contribution in [0.5, 0.6) is 5.88 Å². The Kier molecular flexibility index (Phi) is 6.14. The molecule has 2 aliphatic rings. The Morgan fingerprint density at radius 2 is 1.61 bits per heavy atom. The number of hydrogen-bond donors (Lipinski definition) is 1. The van der Waals surface area contributed by atoms with Crippen LogP contribution in [0.2, 0.25) is 0 Å². The molecule has 6 heterocycles. The van der Waals surface area contributed by atoms with Crippen LogP contribution in [-0.2, 0) is 6.42 Å². The summed E-state index contributed by atoms with van der Waals surface area (Å²) in [5.41, 5.74) is 3.09. The molecule has 188 valence electrons. The second kappa shape index (κ2) is 9.73. The average Bonchev–Trinajstić information content (AvgIpc) is 3.33. The van der Waals surface area contributed by atoms with Crippen LogP contribution in [0.4, 0.5) is 17.7 Å². The molecule has 2 aliphatic heterocycles. The van der Waals surface area contributed by atoms with Crippen molar-refractivity contribution in [1.29, 1.82) is 0 Å². The molecule has 4 aromatic heterocycles. The Bertz CT molecular complexity index is 1350. The second-order valence-corrected chi connectivity index (χ2v) is 8.97. The molecular weight excluding hydrogens is 458 g/mol. The summed E-state index contributed by atoms with van der Waals surface area (Å²) < 4.78 is 12.2. The van der Waals surface area contributed by atoms with Crippen LogP contribution >= 0.6 is 0 Å². The lowest BCUT2D eigenvalue weighted by molar-refractivity contribution is 0.325. The van der Waals surface area contributed by atoms with Gasteiger partial charge in [-0.2, -0.15) is 9.97 Å². The van der Waals surface area contributed by atoms with Crippen molar-refractivity contribution in [2.45, 2.75) is 20.3 Å². The first kappa shape index (κ1) is 22.7. The fourth-order valence-electron chi connectivity index (χ4n) is 4.93. The molecule has 2 fully saturated rings. The third kappa shape index (κ3) is 4.13. The first-order chi connectivity index (χ1) is 17.7.